The minimum Gasteiger partial charge on any atom is -0.504 e. The molecule has 0 saturated heterocycles. The number of ether oxygens (including phenoxy) is 1. The first-order chi connectivity index (χ1) is 9.74. The number of aliphatic hydroxyl groups excluding tert-OH is 1. The third kappa shape index (κ3) is 3.50. The quantitative estimate of drug-likeness (QED) is 0.755. The number of phenols is 1. The summed E-state index contributed by atoms with van der Waals surface area (Å²) in [6, 6.07) is 13.1. The van der Waals surface area contributed by atoms with Crippen LogP contribution in [0.2, 0.25) is 0 Å². The van der Waals surface area contributed by atoms with Crippen molar-refractivity contribution in [3.05, 3.63) is 59.2 Å². The van der Waals surface area contributed by atoms with Gasteiger partial charge in [0.1, 0.15) is 0 Å². The van der Waals surface area contributed by atoms with Crippen molar-refractivity contribution in [3.63, 3.8) is 0 Å². The number of hydrogen-bond donors (Lipinski definition) is 3. The molecule has 4 nitrogen and oxygen atoms in total. The molecule has 0 spiro atoms. The van der Waals surface area contributed by atoms with Gasteiger partial charge in [-0.2, -0.15) is 0 Å². The van der Waals surface area contributed by atoms with Crippen LogP contribution in [0.4, 0.5) is 0 Å². The molecule has 2 rings (SSSR count). The number of methoxy groups -OCH3 is 1. The van der Waals surface area contributed by atoms with Crippen molar-refractivity contribution in [2.45, 2.75) is 19.7 Å². The Morgan fingerprint density at radius 3 is 2.45 bits per heavy atom. The molecule has 0 atom stereocenters. The Kier molecular flexibility index (Phi) is 4.98. The fraction of sp³-hybridized carbons (Fsp3) is 0.250. The van der Waals surface area contributed by atoms with E-state index in [1.165, 1.54) is 7.11 Å². The molecule has 2 aromatic carbocycles. The second-order valence-corrected chi connectivity index (χ2v) is 4.54. The van der Waals surface area contributed by atoms with Gasteiger partial charge in [-0.15, -0.1) is 0 Å². The van der Waals surface area contributed by atoms with Crippen LogP contribution in [0.15, 0.2) is 42.5 Å². The summed E-state index contributed by atoms with van der Waals surface area (Å²) < 4.78 is 5.01. The summed E-state index contributed by atoms with van der Waals surface area (Å²) in [6.07, 6.45) is 0. The molecule has 20 heavy (non-hydrogen) atoms. The van der Waals surface area contributed by atoms with Gasteiger partial charge >= 0.3 is 0 Å². The molecule has 0 aromatic heterocycles. The van der Waals surface area contributed by atoms with E-state index in [1.807, 2.05) is 30.3 Å². The average molecular weight is 273 g/mol. The minimum absolute atomic E-state index is 0.0428. The summed E-state index contributed by atoms with van der Waals surface area (Å²) in [5.74, 6) is 0.613. The summed E-state index contributed by atoms with van der Waals surface area (Å²) in [5.41, 5.74) is 2.98. The summed E-state index contributed by atoms with van der Waals surface area (Å²) in [4.78, 5) is 0. The molecule has 0 aliphatic carbocycles. The van der Waals surface area contributed by atoms with Crippen LogP contribution in [-0.4, -0.2) is 17.3 Å². The molecule has 2 aromatic rings. The zero-order valence-electron chi connectivity index (χ0n) is 11.5. The van der Waals surface area contributed by atoms with Crippen molar-refractivity contribution in [2.75, 3.05) is 7.11 Å². The van der Waals surface area contributed by atoms with Crippen molar-refractivity contribution in [1.82, 2.24) is 5.32 Å². The van der Waals surface area contributed by atoms with E-state index in [-0.39, 0.29) is 12.4 Å². The van der Waals surface area contributed by atoms with Gasteiger partial charge in [0.25, 0.3) is 0 Å². The lowest BCUT2D eigenvalue weighted by atomic mass is 10.1. The smallest absolute Gasteiger partial charge is 0.160 e. The highest BCUT2D eigenvalue weighted by Gasteiger charge is 2.03. The van der Waals surface area contributed by atoms with Gasteiger partial charge in [-0.3, -0.25) is 0 Å². The number of rotatable bonds is 6. The number of aliphatic hydroxyl groups is 1. The molecular formula is C16H19NO3. The third-order valence-corrected chi connectivity index (χ3v) is 3.18. The molecule has 0 aliphatic rings. The van der Waals surface area contributed by atoms with Crippen LogP contribution in [0, 0.1) is 0 Å². The van der Waals surface area contributed by atoms with Crippen molar-refractivity contribution in [2.24, 2.45) is 0 Å². The number of hydrogen-bond acceptors (Lipinski definition) is 4. The molecule has 0 heterocycles. The molecule has 3 N–H and O–H groups in total. The fourth-order valence-corrected chi connectivity index (χ4v) is 2.07. The lowest BCUT2D eigenvalue weighted by Crippen LogP contribution is -2.14. The van der Waals surface area contributed by atoms with Gasteiger partial charge in [0.2, 0.25) is 0 Å². The normalized spacial score (nSPS) is 10.5. The molecule has 0 radical (unpaired) electrons. The van der Waals surface area contributed by atoms with Crippen molar-refractivity contribution >= 4 is 0 Å². The average Bonchev–Trinajstić information content (AvgIpc) is 2.48. The first-order valence-corrected chi connectivity index (χ1v) is 6.49. The van der Waals surface area contributed by atoms with Gasteiger partial charge in [0, 0.05) is 13.1 Å². The lowest BCUT2D eigenvalue weighted by Gasteiger charge is -2.10. The number of aromatic hydroxyl groups is 1. The number of phenolic OH excluding ortho intramolecular Hbond substituents is 1. The van der Waals surface area contributed by atoms with Crippen LogP contribution in [-0.2, 0) is 19.7 Å². The Labute approximate surface area is 118 Å². The Hall–Kier alpha value is -2.04. The molecule has 0 fully saturated rings. The van der Waals surface area contributed by atoms with E-state index in [0.29, 0.717) is 18.8 Å². The summed E-state index contributed by atoms with van der Waals surface area (Å²) in [6.45, 7) is 1.35. The molecule has 0 saturated carbocycles. The monoisotopic (exact) mass is 273 g/mol. The van der Waals surface area contributed by atoms with Gasteiger partial charge < -0.3 is 20.3 Å². The zero-order chi connectivity index (χ0) is 14.4. The van der Waals surface area contributed by atoms with Crippen LogP contribution >= 0.6 is 0 Å². The van der Waals surface area contributed by atoms with E-state index in [2.05, 4.69) is 5.32 Å². The van der Waals surface area contributed by atoms with Crippen LogP contribution in [0.3, 0.4) is 0 Å². The van der Waals surface area contributed by atoms with Gasteiger partial charge in [-0.25, -0.2) is 0 Å². The van der Waals surface area contributed by atoms with E-state index in [0.717, 1.165) is 16.7 Å². The molecule has 0 amide bonds. The standard InChI is InChI=1S/C16H19NO3/c1-20-16-7-6-12(8-15(16)19)9-17-10-13-4-2-3-5-14(13)11-18/h2-8,17-19H,9-11H2,1H3. The second kappa shape index (κ2) is 6.93. The van der Waals surface area contributed by atoms with Gasteiger partial charge in [0.05, 0.1) is 13.7 Å². The first-order valence-electron chi connectivity index (χ1n) is 6.49. The Balaban J connectivity index is 1.94. The van der Waals surface area contributed by atoms with E-state index >= 15 is 0 Å². The maximum absolute atomic E-state index is 9.70. The van der Waals surface area contributed by atoms with E-state index in [1.54, 1.807) is 12.1 Å². The molecule has 0 bridgehead atoms. The van der Waals surface area contributed by atoms with Crippen LogP contribution in [0.1, 0.15) is 16.7 Å². The van der Waals surface area contributed by atoms with Crippen molar-refractivity contribution < 1.29 is 14.9 Å². The number of benzene rings is 2. The lowest BCUT2D eigenvalue weighted by molar-refractivity contribution is 0.280. The SMILES string of the molecule is COc1ccc(CNCc2ccccc2CO)cc1O. The minimum atomic E-state index is 0.0428. The second-order valence-electron chi connectivity index (χ2n) is 4.54. The van der Waals surface area contributed by atoms with Crippen molar-refractivity contribution in [1.29, 1.82) is 0 Å². The highest BCUT2D eigenvalue weighted by molar-refractivity contribution is 5.41. The molecule has 4 heteroatoms. The number of nitrogens with one attached hydrogen (secondary N) is 1. The first kappa shape index (κ1) is 14.4. The Bertz CT molecular complexity index is 569. The van der Waals surface area contributed by atoms with Crippen molar-refractivity contribution in [3.8, 4) is 11.5 Å². The molecular weight excluding hydrogens is 254 g/mol. The molecule has 106 valence electrons. The summed E-state index contributed by atoms with van der Waals surface area (Å²) in [7, 11) is 1.53. The van der Waals surface area contributed by atoms with Crippen LogP contribution in [0.25, 0.3) is 0 Å². The fourth-order valence-electron chi connectivity index (χ4n) is 2.07. The third-order valence-electron chi connectivity index (χ3n) is 3.18. The van der Waals surface area contributed by atoms with Gasteiger partial charge in [-0.05, 0) is 28.8 Å². The Morgan fingerprint density at radius 2 is 1.80 bits per heavy atom. The summed E-state index contributed by atoms with van der Waals surface area (Å²) in [5, 5.41) is 22.3. The van der Waals surface area contributed by atoms with E-state index in [4.69, 9.17) is 4.74 Å². The Morgan fingerprint density at radius 1 is 1.05 bits per heavy atom. The van der Waals surface area contributed by atoms with Gasteiger partial charge in [0.15, 0.2) is 11.5 Å². The van der Waals surface area contributed by atoms with Gasteiger partial charge in [-0.1, -0.05) is 30.3 Å². The van der Waals surface area contributed by atoms with E-state index < -0.39 is 0 Å². The topological polar surface area (TPSA) is 61.7 Å². The predicted octanol–water partition coefficient (Wildman–Crippen LogP) is 2.18. The van der Waals surface area contributed by atoms with Crippen LogP contribution in [0.5, 0.6) is 11.5 Å². The largest absolute Gasteiger partial charge is 0.504 e. The highest BCUT2D eigenvalue weighted by atomic mass is 16.5. The molecule has 0 aliphatic heterocycles. The zero-order valence-corrected chi connectivity index (χ0v) is 11.5. The summed E-state index contributed by atoms with van der Waals surface area (Å²) >= 11 is 0. The highest BCUT2D eigenvalue weighted by Crippen LogP contribution is 2.26. The predicted molar refractivity (Wildman–Crippen MR) is 77.6 cm³/mol. The van der Waals surface area contributed by atoms with Crippen LogP contribution < -0.4 is 10.1 Å². The maximum Gasteiger partial charge on any atom is 0.160 e. The molecule has 0 unspecified atom stereocenters. The van der Waals surface area contributed by atoms with E-state index in [9.17, 15) is 10.2 Å². The maximum atomic E-state index is 9.70.